The maximum Gasteiger partial charge on any atom is 0.272 e. The predicted octanol–water partition coefficient (Wildman–Crippen LogP) is 3.11. The van der Waals surface area contributed by atoms with Crippen LogP contribution < -0.4 is 10.9 Å². The van der Waals surface area contributed by atoms with Crippen molar-refractivity contribution < 1.29 is 18.3 Å². The summed E-state index contributed by atoms with van der Waals surface area (Å²) in [5.74, 6) is -2.51. The highest BCUT2D eigenvalue weighted by Crippen LogP contribution is 2.21. The van der Waals surface area contributed by atoms with Crippen molar-refractivity contribution in [1.82, 2.24) is 9.55 Å². The van der Waals surface area contributed by atoms with Crippen molar-refractivity contribution in [3.63, 3.8) is 0 Å². The maximum absolute atomic E-state index is 13.2. The van der Waals surface area contributed by atoms with Gasteiger partial charge in [0.25, 0.3) is 5.56 Å². The summed E-state index contributed by atoms with van der Waals surface area (Å²) in [5, 5.41) is 4.66. The smallest absolute Gasteiger partial charge is 0.272 e. The summed E-state index contributed by atoms with van der Waals surface area (Å²) in [6.07, 6.45) is 0. The van der Waals surface area contributed by atoms with Crippen LogP contribution in [-0.2, 0) is 16.1 Å². The number of fused-ring (bicyclic) bond motifs is 1. The number of nitrogens with zero attached hydrogens (tertiary/aromatic N) is 2. The molecule has 10 heteroatoms. The molecular formula is C17H15F2N3O3S2. The van der Waals surface area contributed by atoms with E-state index in [-0.39, 0.29) is 17.0 Å². The molecule has 0 radical (unpaired) electrons. The van der Waals surface area contributed by atoms with Crippen LogP contribution in [0.2, 0.25) is 0 Å². The third-order valence-electron chi connectivity index (χ3n) is 3.59. The average Bonchev–Trinajstić information content (AvgIpc) is 3.11. The predicted molar refractivity (Wildman–Crippen MR) is 101 cm³/mol. The van der Waals surface area contributed by atoms with Crippen molar-refractivity contribution in [3.05, 3.63) is 51.6 Å². The normalized spacial score (nSPS) is 11.1. The van der Waals surface area contributed by atoms with Crippen molar-refractivity contribution in [3.8, 4) is 0 Å². The summed E-state index contributed by atoms with van der Waals surface area (Å²) in [4.78, 5) is 29.2. The Balaban J connectivity index is 1.76. The van der Waals surface area contributed by atoms with E-state index in [9.17, 15) is 18.4 Å². The monoisotopic (exact) mass is 411 g/mol. The number of hydrogen-bond donors (Lipinski definition) is 1. The number of carbonyl (C=O) groups is 1. The number of carbonyl (C=O) groups excluding carboxylic acids is 1. The number of anilines is 1. The molecule has 0 aliphatic carbocycles. The van der Waals surface area contributed by atoms with E-state index in [4.69, 9.17) is 4.74 Å². The molecule has 0 bridgehead atoms. The zero-order chi connectivity index (χ0) is 19.4. The molecule has 1 amide bonds. The van der Waals surface area contributed by atoms with Gasteiger partial charge in [-0.2, -0.15) is 0 Å². The Bertz CT molecular complexity index is 1040. The van der Waals surface area contributed by atoms with Crippen LogP contribution in [0, 0.1) is 11.6 Å². The van der Waals surface area contributed by atoms with E-state index in [0.29, 0.717) is 28.5 Å². The summed E-state index contributed by atoms with van der Waals surface area (Å²) >= 11 is 2.39. The molecular weight excluding hydrogens is 396 g/mol. The van der Waals surface area contributed by atoms with Gasteiger partial charge in [0.2, 0.25) is 5.91 Å². The first-order chi connectivity index (χ1) is 13.0. The zero-order valence-corrected chi connectivity index (χ0v) is 15.8. The number of benzene rings is 1. The standard InChI is InChI=1S/C17H15F2N3O3S2/c1-25-6-5-22-16(24)15-13(4-7-26-15)21-17(22)27-9-14(23)20-10-2-3-11(18)12(19)8-10/h2-4,7-8H,5-6,9H2,1H3,(H,20,23). The van der Waals surface area contributed by atoms with Crippen LogP contribution in [0.15, 0.2) is 39.6 Å². The molecule has 1 aromatic carbocycles. The van der Waals surface area contributed by atoms with Gasteiger partial charge in [0.05, 0.1) is 24.4 Å². The Morgan fingerprint density at radius 3 is 2.89 bits per heavy atom. The number of methoxy groups -OCH3 is 1. The van der Waals surface area contributed by atoms with E-state index in [1.807, 2.05) is 0 Å². The van der Waals surface area contributed by atoms with Gasteiger partial charge in [-0.1, -0.05) is 11.8 Å². The summed E-state index contributed by atoms with van der Waals surface area (Å²) in [6.45, 7) is 0.635. The van der Waals surface area contributed by atoms with Gasteiger partial charge in [-0.05, 0) is 23.6 Å². The zero-order valence-electron chi connectivity index (χ0n) is 14.2. The van der Waals surface area contributed by atoms with Crippen molar-refractivity contribution in [2.24, 2.45) is 0 Å². The molecule has 0 atom stereocenters. The van der Waals surface area contributed by atoms with Crippen molar-refractivity contribution in [2.45, 2.75) is 11.7 Å². The molecule has 27 heavy (non-hydrogen) atoms. The van der Waals surface area contributed by atoms with Gasteiger partial charge in [-0.3, -0.25) is 14.2 Å². The molecule has 3 aromatic rings. The molecule has 0 saturated carbocycles. The summed E-state index contributed by atoms with van der Waals surface area (Å²) in [5.41, 5.74) is 0.537. The number of thioether (sulfide) groups is 1. The van der Waals surface area contributed by atoms with Crippen molar-refractivity contribution in [1.29, 1.82) is 0 Å². The van der Waals surface area contributed by atoms with Crippen molar-refractivity contribution >= 4 is 44.9 Å². The number of amides is 1. The molecule has 0 spiro atoms. The third kappa shape index (κ3) is 4.52. The van der Waals surface area contributed by atoms with E-state index in [2.05, 4.69) is 10.3 Å². The summed E-state index contributed by atoms with van der Waals surface area (Å²) in [7, 11) is 1.53. The van der Waals surface area contributed by atoms with Crippen LogP contribution in [0.1, 0.15) is 0 Å². The van der Waals surface area contributed by atoms with E-state index >= 15 is 0 Å². The van der Waals surface area contributed by atoms with Gasteiger partial charge in [-0.15, -0.1) is 11.3 Å². The van der Waals surface area contributed by atoms with Crippen LogP contribution in [0.3, 0.4) is 0 Å². The van der Waals surface area contributed by atoms with Gasteiger partial charge in [-0.25, -0.2) is 13.8 Å². The van der Waals surface area contributed by atoms with Gasteiger partial charge in [0, 0.05) is 18.9 Å². The first-order valence-electron chi connectivity index (χ1n) is 7.84. The number of ether oxygens (including phenoxy) is 1. The first-order valence-corrected chi connectivity index (χ1v) is 9.71. The SMILES string of the molecule is COCCn1c(SCC(=O)Nc2ccc(F)c(F)c2)nc2ccsc2c1=O. The molecule has 142 valence electrons. The Hall–Kier alpha value is -2.30. The lowest BCUT2D eigenvalue weighted by atomic mass is 10.3. The van der Waals surface area contributed by atoms with Crippen LogP contribution >= 0.6 is 23.1 Å². The minimum atomic E-state index is -1.04. The number of hydrogen-bond acceptors (Lipinski definition) is 6. The second kappa shape index (κ2) is 8.59. The Morgan fingerprint density at radius 2 is 2.15 bits per heavy atom. The lowest BCUT2D eigenvalue weighted by Gasteiger charge is -2.11. The molecule has 0 unspecified atom stereocenters. The Labute approximate surface area is 161 Å². The maximum atomic E-state index is 13.2. The molecule has 0 saturated heterocycles. The third-order valence-corrected chi connectivity index (χ3v) is 5.45. The van der Waals surface area contributed by atoms with E-state index in [1.54, 1.807) is 11.4 Å². The number of nitrogens with one attached hydrogen (secondary N) is 1. The van der Waals surface area contributed by atoms with Crippen LogP contribution in [-0.4, -0.2) is 34.9 Å². The molecule has 2 aromatic heterocycles. The molecule has 2 heterocycles. The fourth-order valence-electron chi connectivity index (χ4n) is 2.31. The number of halogens is 2. The Kier molecular flexibility index (Phi) is 6.19. The fourth-order valence-corrected chi connectivity index (χ4v) is 3.92. The molecule has 1 N–H and O–H groups in total. The van der Waals surface area contributed by atoms with Crippen molar-refractivity contribution in [2.75, 3.05) is 24.8 Å². The highest BCUT2D eigenvalue weighted by atomic mass is 32.2. The van der Waals surface area contributed by atoms with Crippen LogP contribution in [0.25, 0.3) is 10.2 Å². The molecule has 0 aliphatic heterocycles. The summed E-state index contributed by atoms with van der Waals surface area (Å²) in [6, 6.07) is 4.85. The molecule has 0 aliphatic rings. The lowest BCUT2D eigenvalue weighted by molar-refractivity contribution is -0.113. The first kappa shape index (κ1) is 19.5. The Morgan fingerprint density at radius 1 is 1.33 bits per heavy atom. The van der Waals surface area contributed by atoms with E-state index < -0.39 is 17.5 Å². The largest absolute Gasteiger partial charge is 0.383 e. The molecule has 0 fully saturated rings. The quantitative estimate of drug-likeness (QED) is 0.478. The highest BCUT2D eigenvalue weighted by molar-refractivity contribution is 7.99. The molecule has 3 rings (SSSR count). The van der Waals surface area contributed by atoms with Gasteiger partial charge >= 0.3 is 0 Å². The second-order valence-electron chi connectivity index (χ2n) is 5.44. The van der Waals surface area contributed by atoms with Gasteiger partial charge < -0.3 is 10.1 Å². The minimum absolute atomic E-state index is 0.0476. The van der Waals surface area contributed by atoms with E-state index in [1.165, 1.54) is 29.1 Å². The fraction of sp³-hybridized carbons (Fsp3) is 0.235. The molecule has 6 nitrogen and oxygen atoms in total. The number of aromatic nitrogens is 2. The van der Waals surface area contributed by atoms with Crippen LogP contribution in [0.4, 0.5) is 14.5 Å². The average molecular weight is 411 g/mol. The number of rotatable bonds is 7. The van der Waals surface area contributed by atoms with Gasteiger partial charge in [0.1, 0.15) is 4.70 Å². The number of thiophene rings is 1. The van der Waals surface area contributed by atoms with Gasteiger partial charge in [0.15, 0.2) is 16.8 Å². The highest BCUT2D eigenvalue weighted by Gasteiger charge is 2.14. The van der Waals surface area contributed by atoms with Crippen LogP contribution in [0.5, 0.6) is 0 Å². The minimum Gasteiger partial charge on any atom is -0.383 e. The van der Waals surface area contributed by atoms with E-state index in [0.717, 1.165) is 23.9 Å². The lowest BCUT2D eigenvalue weighted by Crippen LogP contribution is -2.25. The second-order valence-corrected chi connectivity index (χ2v) is 7.30. The summed E-state index contributed by atoms with van der Waals surface area (Å²) < 4.78 is 33.2. The topological polar surface area (TPSA) is 73.2 Å².